The molecule has 0 heterocycles. The average Bonchev–Trinajstić information content (AvgIpc) is 2.40. The fraction of sp³-hybridized carbons (Fsp3) is 0.588. The highest BCUT2D eigenvalue weighted by molar-refractivity contribution is 6.30. The fourth-order valence-corrected chi connectivity index (χ4v) is 2.17. The van der Waals surface area contributed by atoms with Crippen molar-refractivity contribution in [3.05, 3.63) is 34.6 Å². The number of amides is 1. The summed E-state index contributed by atoms with van der Waals surface area (Å²) in [5, 5.41) is 6.10. The molecule has 6 heteroatoms. The smallest absolute Gasteiger partial charge is 0.407 e. The molecule has 1 amide bonds. The summed E-state index contributed by atoms with van der Waals surface area (Å²) >= 11 is 5.78. The summed E-state index contributed by atoms with van der Waals surface area (Å²) in [7, 11) is 0. The third-order valence-corrected chi connectivity index (χ3v) is 3.55. The van der Waals surface area contributed by atoms with Crippen molar-refractivity contribution in [1.82, 2.24) is 10.6 Å². The molecule has 1 unspecified atom stereocenters. The van der Waals surface area contributed by atoms with Gasteiger partial charge in [0.15, 0.2) is 0 Å². The van der Waals surface area contributed by atoms with Crippen LogP contribution in [-0.2, 0) is 11.3 Å². The van der Waals surface area contributed by atoms with Crippen molar-refractivity contribution in [1.29, 1.82) is 0 Å². The van der Waals surface area contributed by atoms with Crippen molar-refractivity contribution in [2.45, 2.75) is 52.8 Å². The summed E-state index contributed by atoms with van der Waals surface area (Å²) in [6.07, 6.45) is -0.459. The van der Waals surface area contributed by atoms with Crippen molar-refractivity contribution in [2.24, 2.45) is 5.92 Å². The van der Waals surface area contributed by atoms with E-state index < -0.39 is 17.5 Å². The molecule has 0 fully saturated rings. The molecule has 130 valence electrons. The van der Waals surface area contributed by atoms with Gasteiger partial charge in [-0.15, -0.1) is 0 Å². The van der Waals surface area contributed by atoms with Gasteiger partial charge < -0.3 is 15.4 Å². The van der Waals surface area contributed by atoms with Crippen LogP contribution in [0, 0.1) is 11.7 Å². The van der Waals surface area contributed by atoms with E-state index in [4.69, 9.17) is 16.3 Å². The number of rotatable bonds is 6. The van der Waals surface area contributed by atoms with Gasteiger partial charge in [0.25, 0.3) is 0 Å². The summed E-state index contributed by atoms with van der Waals surface area (Å²) in [5.74, 6) is -0.156. The Kier molecular flexibility index (Phi) is 7.29. The number of hydrogen-bond donors (Lipinski definition) is 2. The van der Waals surface area contributed by atoms with E-state index >= 15 is 0 Å². The van der Waals surface area contributed by atoms with Crippen molar-refractivity contribution in [3.8, 4) is 0 Å². The molecule has 0 aliphatic rings. The largest absolute Gasteiger partial charge is 0.444 e. The van der Waals surface area contributed by atoms with Gasteiger partial charge in [0.2, 0.25) is 0 Å². The van der Waals surface area contributed by atoms with Crippen LogP contribution in [0.4, 0.5) is 9.18 Å². The lowest BCUT2D eigenvalue weighted by Crippen LogP contribution is -2.45. The predicted molar refractivity (Wildman–Crippen MR) is 91.1 cm³/mol. The van der Waals surface area contributed by atoms with Crippen LogP contribution in [-0.4, -0.2) is 24.3 Å². The summed E-state index contributed by atoms with van der Waals surface area (Å²) in [6, 6.07) is 4.91. The molecule has 1 rings (SSSR count). The lowest BCUT2D eigenvalue weighted by atomic mass is 10.0. The molecule has 0 aliphatic carbocycles. The van der Waals surface area contributed by atoms with E-state index in [0.717, 1.165) is 0 Å². The van der Waals surface area contributed by atoms with E-state index in [9.17, 15) is 9.18 Å². The molecule has 1 atom stereocenters. The first-order valence-corrected chi connectivity index (χ1v) is 8.11. The molecule has 0 radical (unpaired) electrons. The van der Waals surface area contributed by atoms with E-state index in [0.29, 0.717) is 18.7 Å². The minimum atomic E-state index is -0.533. The van der Waals surface area contributed by atoms with Gasteiger partial charge in [0, 0.05) is 24.7 Å². The molecule has 0 bridgehead atoms. The molecule has 0 saturated carbocycles. The number of benzene rings is 1. The normalized spacial score (nSPS) is 13.0. The Morgan fingerprint density at radius 2 is 2.00 bits per heavy atom. The quantitative estimate of drug-likeness (QED) is 0.816. The molecule has 0 aliphatic heterocycles. The van der Waals surface area contributed by atoms with Crippen LogP contribution < -0.4 is 10.6 Å². The average molecular weight is 345 g/mol. The number of hydrogen-bond acceptors (Lipinski definition) is 3. The van der Waals surface area contributed by atoms with Crippen LogP contribution in [0.3, 0.4) is 0 Å². The van der Waals surface area contributed by atoms with Gasteiger partial charge in [0.05, 0.1) is 5.02 Å². The molecular formula is C17H26ClFN2O2. The number of carbonyl (C=O) groups is 1. The summed E-state index contributed by atoms with van der Waals surface area (Å²) < 4.78 is 19.1. The molecule has 0 saturated heterocycles. The minimum Gasteiger partial charge on any atom is -0.444 e. The highest BCUT2D eigenvalue weighted by Crippen LogP contribution is 2.18. The van der Waals surface area contributed by atoms with E-state index in [-0.39, 0.29) is 17.0 Å². The Balaban J connectivity index is 2.56. The highest BCUT2D eigenvalue weighted by atomic mass is 35.5. The zero-order valence-electron chi connectivity index (χ0n) is 14.4. The minimum absolute atomic E-state index is 0.0131. The molecule has 4 nitrogen and oxygen atoms in total. The SMILES string of the molecule is CC(C)C(CNC(=O)OC(C)(C)C)NCc1cccc(Cl)c1F. The van der Waals surface area contributed by atoms with Crippen molar-refractivity contribution in [3.63, 3.8) is 0 Å². The van der Waals surface area contributed by atoms with Crippen LogP contribution in [0.1, 0.15) is 40.2 Å². The Morgan fingerprint density at radius 3 is 2.57 bits per heavy atom. The van der Waals surface area contributed by atoms with Crippen LogP contribution in [0.2, 0.25) is 5.02 Å². The highest BCUT2D eigenvalue weighted by Gasteiger charge is 2.19. The van der Waals surface area contributed by atoms with E-state index in [1.54, 1.807) is 12.1 Å². The van der Waals surface area contributed by atoms with Gasteiger partial charge >= 0.3 is 6.09 Å². The van der Waals surface area contributed by atoms with Gasteiger partial charge in [-0.3, -0.25) is 0 Å². The zero-order chi connectivity index (χ0) is 17.6. The van der Waals surface area contributed by atoms with Crippen LogP contribution in [0.5, 0.6) is 0 Å². The van der Waals surface area contributed by atoms with Gasteiger partial charge in [-0.05, 0) is 32.8 Å². The first-order valence-electron chi connectivity index (χ1n) is 7.73. The van der Waals surface area contributed by atoms with Gasteiger partial charge in [-0.1, -0.05) is 37.6 Å². The second kappa shape index (κ2) is 8.50. The molecule has 2 N–H and O–H groups in total. The first kappa shape index (κ1) is 19.7. The number of halogens is 2. The van der Waals surface area contributed by atoms with Gasteiger partial charge in [0.1, 0.15) is 11.4 Å². The molecule has 23 heavy (non-hydrogen) atoms. The molecule has 1 aromatic rings. The lowest BCUT2D eigenvalue weighted by Gasteiger charge is -2.25. The van der Waals surface area contributed by atoms with Gasteiger partial charge in [-0.25, -0.2) is 9.18 Å². The van der Waals surface area contributed by atoms with E-state index in [1.165, 1.54) is 6.07 Å². The van der Waals surface area contributed by atoms with Gasteiger partial charge in [-0.2, -0.15) is 0 Å². The maximum atomic E-state index is 13.9. The number of ether oxygens (including phenoxy) is 1. The Labute approximate surface area is 142 Å². The van der Waals surface area contributed by atoms with Crippen molar-refractivity contribution >= 4 is 17.7 Å². The Hall–Kier alpha value is -1.33. The predicted octanol–water partition coefficient (Wildman–Crippen LogP) is 4.12. The van der Waals surface area contributed by atoms with Crippen molar-refractivity contribution < 1.29 is 13.9 Å². The maximum absolute atomic E-state index is 13.9. The molecule has 0 spiro atoms. The number of carbonyl (C=O) groups excluding carboxylic acids is 1. The topological polar surface area (TPSA) is 50.4 Å². The van der Waals surface area contributed by atoms with E-state index in [1.807, 2.05) is 34.6 Å². The summed E-state index contributed by atoms with van der Waals surface area (Å²) in [5.41, 5.74) is -0.0326. The third-order valence-electron chi connectivity index (χ3n) is 3.26. The molecule has 1 aromatic carbocycles. The second-order valence-corrected chi connectivity index (χ2v) is 7.23. The van der Waals surface area contributed by atoms with Crippen LogP contribution in [0.15, 0.2) is 18.2 Å². The third kappa shape index (κ3) is 7.18. The second-order valence-electron chi connectivity index (χ2n) is 6.83. The number of nitrogens with one attached hydrogen (secondary N) is 2. The van der Waals surface area contributed by atoms with Crippen LogP contribution in [0.25, 0.3) is 0 Å². The maximum Gasteiger partial charge on any atom is 0.407 e. The van der Waals surface area contributed by atoms with Crippen LogP contribution >= 0.6 is 11.6 Å². The zero-order valence-corrected chi connectivity index (χ0v) is 15.1. The molecule has 0 aromatic heterocycles. The Morgan fingerprint density at radius 1 is 1.35 bits per heavy atom. The summed E-state index contributed by atoms with van der Waals surface area (Å²) in [6.45, 7) is 10.2. The molecular weight excluding hydrogens is 319 g/mol. The van der Waals surface area contributed by atoms with Crippen molar-refractivity contribution in [2.75, 3.05) is 6.54 Å². The monoisotopic (exact) mass is 344 g/mol. The lowest BCUT2D eigenvalue weighted by molar-refractivity contribution is 0.0519. The first-order chi connectivity index (χ1) is 10.6. The number of alkyl carbamates (subject to hydrolysis) is 1. The standard InChI is InChI=1S/C17H26ClFN2O2/c1-11(2)14(10-21-16(22)23-17(3,4)5)20-9-12-7-6-8-13(18)15(12)19/h6-8,11,14,20H,9-10H2,1-5H3,(H,21,22). The Bertz CT molecular complexity index is 530. The fourth-order valence-electron chi connectivity index (χ4n) is 1.98. The van der Waals surface area contributed by atoms with E-state index in [2.05, 4.69) is 10.6 Å². The summed E-state index contributed by atoms with van der Waals surface area (Å²) in [4.78, 5) is 11.7.